The van der Waals surface area contributed by atoms with Crippen molar-refractivity contribution >= 4 is 38.8 Å². The van der Waals surface area contributed by atoms with Gasteiger partial charge < -0.3 is 9.13 Å². The lowest BCUT2D eigenvalue weighted by molar-refractivity contribution is 0.718. The third-order valence-electron chi connectivity index (χ3n) is 8.26. The summed E-state index contributed by atoms with van der Waals surface area (Å²) in [5.41, 5.74) is 11.3. The zero-order valence-electron chi connectivity index (χ0n) is 21.9. The fourth-order valence-corrected chi connectivity index (χ4v) is 6.47. The average Bonchev–Trinajstić information content (AvgIpc) is 3.50. The molecule has 0 fully saturated rings. The van der Waals surface area contributed by atoms with E-state index in [0.29, 0.717) is 5.92 Å². The lowest BCUT2D eigenvalue weighted by Crippen LogP contribution is -2.05. The normalized spacial score (nSPS) is 14.8. The van der Waals surface area contributed by atoms with E-state index in [0.717, 1.165) is 6.42 Å². The molecule has 0 N–H and O–H groups in total. The van der Waals surface area contributed by atoms with Crippen LogP contribution in [0.15, 0.2) is 127 Å². The van der Waals surface area contributed by atoms with E-state index in [9.17, 15) is 0 Å². The molecule has 0 saturated carbocycles. The molecule has 2 heteroatoms. The Kier molecular flexibility index (Phi) is 4.90. The summed E-state index contributed by atoms with van der Waals surface area (Å²) < 4.78 is 4.88. The van der Waals surface area contributed by atoms with Gasteiger partial charge in [0.05, 0.1) is 16.6 Å². The van der Waals surface area contributed by atoms with Gasteiger partial charge in [-0.3, -0.25) is 0 Å². The molecule has 2 heterocycles. The van der Waals surface area contributed by atoms with Gasteiger partial charge in [0, 0.05) is 33.2 Å². The molecule has 8 rings (SSSR count). The van der Waals surface area contributed by atoms with Crippen LogP contribution in [-0.2, 0) is 6.42 Å². The molecule has 0 amide bonds. The molecule has 1 aliphatic carbocycles. The molecule has 39 heavy (non-hydrogen) atoms. The van der Waals surface area contributed by atoms with Crippen LogP contribution < -0.4 is 0 Å². The molecule has 0 saturated heterocycles. The molecular formula is C37H28N2. The minimum absolute atomic E-state index is 0.554. The Morgan fingerprint density at radius 2 is 1.21 bits per heavy atom. The summed E-state index contributed by atoms with van der Waals surface area (Å²) in [6, 6.07) is 44.1. The van der Waals surface area contributed by atoms with E-state index < -0.39 is 0 Å². The maximum atomic E-state index is 2.45. The average molecular weight is 501 g/mol. The highest BCUT2D eigenvalue weighted by atomic mass is 15.0. The van der Waals surface area contributed by atoms with E-state index in [-0.39, 0.29) is 0 Å². The van der Waals surface area contributed by atoms with Crippen molar-refractivity contribution in [1.82, 2.24) is 9.13 Å². The summed E-state index contributed by atoms with van der Waals surface area (Å²) in [4.78, 5) is 0. The van der Waals surface area contributed by atoms with Crippen LogP contribution >= 0.6 is 0 Å². The highest BCUT2D eigenvalue weighted by Gasteiger charge is 2.21. The summed E-state index contributed by atoms with van der Waals surface area (Å²) in [7, 11) is 0. The Bertz CT molecular complexity index is 2050. The minimum atomic E-state index is 0.554. The number of hydrogen-bond acceptors (Lipinski definition) is 0. The second kappa shape index (κ2) is 8.61. The monoisotopic (exact) mass is 500 g/mol. The second-order valence-corrected chi connectivity index (χ2v) is 10.7. The predicted octanol–water partition coefficient (Wildman–Crippen LogP) is 9.60. The van der Waals surface area contributed by atoms with Crippen LogP contribution in [0.25, 0.3) is 61.3 Å². The van der Waals surface area contributed by atoms with Crippen molar-refractivity contribution in [2.75, 3.05) is 0 Å². The first-order valence-electron chi connectivity index (χ1n) is 13.8. The molecule has 2 aromatic heterocycles. The van der Waals surface area contributed by atoms with Crippen molar-refractivity contribution in [3.05, 3.63) is 139 Å². The minimum Gasteiger partial charge on any atom is -0.310 e. The first kappa shape index (κ1) is 22.2. The number of nitrogens with zero attached hydrogens (tertiary/aromatic N) is 2. The molecule has 0 bridgehead atoms. The summed E-state index contributed by atoms with van der Waals surface area (Å²) in [6.07, 6.45) is 5.75. The van der Waals surface area contributed by atoms with Crippen molar-refractivity contribution in [3.8, 4) is 22.5 Å². The zero-order valence-corrected chi connectivity index (χ0v) is 21.9. The number of fused-ring (bicyclic) bond motifs is 6. The molecule has 0 spiro atoms. The summed E-state index contributed by atoms with van der Waals surface area (Å²) >= 11 is 0. The molecule has 186 valence electrons. The van der Waals surface area contributed by atoms with Gasteiger partial charge in [-0.2, -0.15) is 0 Å². The molecule has 2 nitrogen and oxygen atoms in total. The summed E-state index contributed by atoms with van der Waals surface area (Å²) in [5, 5.41) is 3.91. The van der Waals surface area contributed by atoms with Gasteiger partial charge >= 0.3 is 0 Å². The number of rotatable bonds is 3. The largest absolute Gasteiger partial charge is 0.310 e. The topological polar surface area (TPSA) is 9.86 Å². The number of hydrogen-bond donors (Lipinski definition) is 0. The van der Waals surface area contributed by atoms with Crippen LogP contribution in [-0.4, -0.2) is 9.13 Å². The van der Waals surface area contributed by atoms with E-state index in [1.165, 1.54) is 66.5 Å². The predicted molar refractivity (Wildman–Crippen MR) is 165 cm³/mol. The van der Waals surface area contributed by atoms with Crippen LogP contribution in [0.3, 0.4) is 0 Å². The maximum Gasteiger partial charge on any atom is 0.0561 e. The Balaban J connectivity index is 1.41. The van der Waals surface area contributed by atoms with Crippen LogP contribution in [0.2, 0.25) is 0 Å². The van der Waals surface area contributed by atoms with E-state index in [4.69, 9.17) is 0 Å². The van der Waals surface area contributed by atoms with Gasteiger partial charge in [0.1, 0.15) is 0 Å². The highest BCUT2D eigenvalue weighted by molar-refractivity contribution is 6.10. The third kappa shape index (κ3) is 3.42. The SMILES string of the molecule is CC1C=Cc2c(c3ccccc3n2-c2ccc3c4ccccc4n(-c4cccc(-c5ccccc5)c4)c3c2)C1. The van der Waals surface area contributed by atoms with Crippen LogP contribution in [0.4, 0.5) is 0 Å². The number of allylic oxidation sites excluding steroid dienone is 1. The fraction of sp³-hybridized carbons (Fsp3) is 0.0811. The summed E-state index contributed by atoms with van der Waals surface area (Å²) in [6.45, 7) is 2.31. The Morgan fingerprint density at radius 3 is 2.05 bits per heavy atom. The standard InChI is InChI=1S/C37H28N2/c1-25-18-21-36-33(22-25)31-15-6-8-17-35(31)38(36)29-19-20-32-30-14-5-7-16-34(30)39(37(32)24-29)28-13-9-12-27(23-28)26-10-3-2-4-11-26/h2-21,23-25H,22H2,1H3. The lowest BCUT2D eigenvalue weighted by Gasteiger charge is -2.16. The van der Waals surface area contributed by atoms with Gasteiger partial charge in [-0.1, -0.05) is 97.9 Å². The Morgan fingerprint density at radius 1 is 0.538 bits per heavy atom. The smallest absolute Gasteiger partial charge is 0.0561 e. The molecule has 5 aromatic carbocycles. The van der Waals surface area contributed by atoms with Crippen molar-refractivity contribution in [2.24, 2.45) is 5.92 Å². The molecule has 0 radical (unpaired) electrons. The van der Waals surface area contributed by atoms with Gasteiger partial charge in [0.2, 0.25) is 0 Å². The molecule has 1 unspecified atom stereocenters. The maximum absolute atomic E-state index is 2.45. The van der Waals surface area contributed by atoms with Crippen molar-refractivity contribution in [2.45, 2.75) is 13.3 Å². The van der Waals surface area contributed by atoms with Crippen LogP contribution in [0, 0.1) is 5.92 Å². The molecule has 7 aromatic rings. The lowest BCUT2D eigenvalue weighted by atomic mass is 9.93. The van der Waals surface area contributed by atoms with E-state index in [1.807, 2.05) is 0 Å². The van der Waals surface area contributed by atoms with Gasteiger partial charge in [-0.05, 0) is 71.5 Å². The molecular weight excluding hydrogens is 472 g/mol. The van der Waals surface area contributed by atoms with Gasteiger partial charge in [-0.25, -0.2) is 0 Å². The zero-order chi connectivity index (χ0) is 25.9. The van der Waals surface area contributed by atoms with Crippen LogP contribution in [0.5, 0.6) is 0 Å². The van der Waals surface area contributed by atoms with Crippen molar-refractivity contribution < 1.29 is 0 Å². The summed E-state index contributed by atoms with van der Waals surface area (Å²) in [5.74, 6) is 0.554. The van der Waals surface area contributed by atoms with Crippen LogP contribution in [0.1, 0.15) is 18.2 Å². The van der Waals surface area contributed by atoms with Gasteiger partial charge in [0.15, 0.2) is 0 Å². The molecule has 1 atom stereocenters. The third-order valence-corrected chi connectivity index (χ3v) is 8.26. The number of para-hydroxylation sites is 2. The quantitative estimate of drug-likeness (QED) is 0.229. The first-order valence-corrected chi connectivity index (χ1v) is 13.8. The van der Waals surface area contributed by atoms with E-state index in [2.05, 4.69) is 150 Å². The van der Waals surface area contributed by atoms with Gasteiger partial charge in [0.25, 0.3) is 0 Å². The van der Waals surface area contributed by atoms with Gasteiger partial charge in [-0.15, -0.1) is 0 Å². The first-order chi connectivity index (χ1) is 19.3. The number of benzene rings is 5. The van der Waals surface area contributed by atoms with Crippen molar-refractivity contribution in [1.29, 1.82) is 0 Å². The van der Waals surface area contributed by atoms with Crippen molar-refractivity contribution in [3.63, 3.8) is 0 Å². The van der Waals surface area contributed by atoms with E-state index >= 15 is 0 Å². The Hall–Kier alpha value is -4.82. The second-order valence-electron chi connectivity index (χ2n) is 10.7. The fourth-order valence-electron chi connectivity index (χ4n) is 6.47. The molecule has 0 aliphatic heterocycles. The molecule has 1 aliphatic rings. The highest BCUT2D eigenvalue weighted by Crippen LogP contribution is 2.38. The van der Waals surface area contributed by atoms with E-state index in [1.54, 1.807) is 0 Å². The number of aromatic nitrogens is 2. The Labute approximate surface area is 228 Å².